The first-order valence-corrected chi connectivity index (χ1v) is 18.9. The minimum atomic E-state index is -4.54. The predicted molar refractivity (Wildman–Crippen MR) is 190 cm³/mol. The van der Waals surface area contributed by atoms with Crippen molar-refractivity contribution in [1.82, 2.24) is 25.2 Å². The molecular weight excluding hydrogens is 708 g/mol. The van der Waals surface area contributed by atoms with Crippen LogP contribution in [-0.2, 0) is 33.6 Å². The number of hydrogen-bond donors (Lipinski definition) is 3. The molecule has 3 aliphatic rings. The second-order valence-electron chi connectivity index (χ2n) is 16.3. The highest BCUT2D eigenvalue weighted by Crippen LogP contribution is 2.47. The monoisotopic (exact) mass is 756 g/mol. The number of nitrogens with one attached hydrogen (secondary N) is 3. The summed E-state index contributed by atoms with van der Waals surface area (Å²) < 4.78 is 49.7. The third-order valence-electron chi connectivity index (χ3n) is 9.51. The third kappa shape index (κ3) is 9.28. The number of carbonyl (C=O) groups is 4. The van der Waals surface area contributed by atoms with E-state index < -0.39 is 80.4 Å². The van der Waals surface area contributed by atoms with Crippen LogP contribution in [0.25, 0.3) is 10.8 Å². The topological polar surface area (TPSA) is 215 Å². The van der Waals surface area contributed by atoms with Crippen molar-refractivity contribution in [3.8, 4) is 17.7 Å². The number of nitrogens with zero attached hydrogens (tertiary/aromatic N) is 3. The number of nitriles is 1. The molecule has 1 aromatic heterocycles. The maximum atomic E-state index is 14.5. The number of alkyl carbamates (subject to hydrolysis) is 1. The summed E-state index contributed by atoms with van der Waals surface area (Å²) in [6, 6.07) is 6.72. The number of likely N-dealkylation sites (tertiary alicyclic amines) is 1. The van der Waals surface area contributed by atoms with Gasteiger partial charge >= 0.3 is 16.4 Å². The molecule has 1 aromatic carbocycles. The van der Waals surface area contributed by atoms with E-state index in [-0.39, 0.29) is 31.7 Å². The van der Waals surface area contributed by atoms with Crippen molar-refractivity contribution in [2.45, 2.75) is 115 Å². The van der Waals surface area contributed by atoms with Gasteiger partial charge in [-0.2, -0.15) is 13.7 Å². The number of carbonyl (C=O) groups excluding carboxylic acids is 4. The number of rotatable bonds is 12. The molecule has 5 atom stereocenters. The second kappa shape index (κ2) is 14.3. The molecule has 0 unspecified atom stereocenters. The molecule has 1 saturated heterocycles. The Morgan fingerprint density at radius 2 is 1.81 bits per heavy atom. The van der Waals surface area contributed by atoms with Gasteiger partial charge in [-0.3, -0.25) is 14.4 Å². The van der Waals surface area contributed by atoms with Gasteiger partial charge in [0, 0.05) is 30.3 Å². The number of aromatic nitrogens is 1. The standard InChI is InChI=1S/C36H48N6O10S/c1-33(2,3)27(39-32(46)51-34(4,5)6)30(44)42-20-24(50-29-25-10-9-23(49-8)17-21(25)12-16-38-29)18-26(42)28(43)40-36(19-22(36)11-15-37)31(45)41-53(47,48)52-35(7)13-14-35/h9-10,12,16-17,22,24,26-27H,11,13-14,18-20H2,1-8H3,(H,39,46)(H,40,43)(H,41,45)/t22-,24-,26+,27-,36-/m1/s1. The van der Waals surface area contributed by atoms with Crippen molar-refractivity contribution >= 4 is 44.9 Å². The van der Waals surface area contributed by atoms with E-state index in [0.29, 0.717) is 24.0 Å². The molecule has 1 aliphatic heterocycles. The third-order valence-corrected chi connectivity index (χ3v) is 10.6. The van der Waals surface area contributed by atoms with E-state index in [0.717, 1.165) is 5.39 Å². The van der Waals surface area contributed by atoms with E-state index in [1.165, 1.54) is 4.90 Å². The molecule has 16 nitrogen and oxygen atoms in total. The lowest BCUT2D eigenvalue weighted by molar-refractivity contribution is -0.143. The zero-order valence-corrected chi connectivity index (χ0v) is 32.1. The Balaban J connectivity index is 1.44. The van der Waals surface area contributed by atoms with Crippen LogP contribution in [0.5, 0.6) is 11.6 Å². The average molecular weight is 757 g/mol. The first-order chi connectivity index (χ1) is 24.6. The Labute approximate surface area is 309 Å². The van der Waals surface area contributed by atoms with Crippen LogP contribution in [0.15, 0.2) is 30.5 Å². The molecule has 2 aliphatic carbocycles. The van der Waals surface area contributed by atoms with Crippen LogP contribution in [0, 0.1) is 22.7 Å². The highest BCUT2D eigenvalue weighted by atomic mass is 32.2. The van der Waals surface area contributed by atoms with Gasteiger partial charge in [0.25, 0.3) is 5.91 Å². The minimum Gasteiger partial charge on any atom is -0.497 e. The van der Waals surface area contributed by atoms with Crippen LogP contribution < -0.4 is 24.8 Å². The Morgan fingerprint density at radius 1 is 1.11 bits per heavy atom. The number of pyridine rings is 1. The van der Waals surface area contributed by atoms with Gasteiger partial charge in [-0.15, -0.1) is 0 Å². The maximum Gasteiger partial charge on any atom is 0.408 e. The molecule has 0 radical (unpaired) electrons. The summed E-state index contributed by atoms with van der Waals surface area (Å²) in [5.41, 5.74) is -4.38. The number of benzene rings is 1. The maximum absolute atomic E-state index is 14.5. The SMILES string of the molecule is COc1ccc2c(O[C@@H]3C[C@@H](C(=O)N[C@]4(C(=O)NS(=O)(=O)OC5(C)CC5)C[C@H]4CC#N)N(C(=O)[C@@H](NC(=O)OC(C)(C)C)C(C)(C)C)C3)nccc2c1. The summed E-state index contributed by atoms with van der Waals surface area (Å²) in [6.07, 6.45) is 0.748. The van der Waals surface area contributed by atoms with Gasteiger partial charge in [0.1, 0.15) is 35.1 Å². The van der Waals surface area contributed by atoms with E-state index in [1.54, 1.807) is 80.0 Å². The van der Waals surface area contributed by atoms with E-state index in [1.807, 2.05) is 16.9 Å². The summed E-state index contributed by atoms with van der Waals surface area (Å²) in [5.74, 6) is -2.25. The molecule has 2 aromatic rings. The van der Waals surface area contributed by atoms with Gasteiger partial charge in [0.05, 0.1) is 25.3 Å². The quantitative estimate of drug-likeness (QED) is 0.285. The van der Waals surface area contributed by atoms with Gasteiger partial charge in [-0.05, 0) is 82.0 Å². The lowest BCUT2D eigenvalue weighted by Gasteiger charge is -2.36. The largest absolute Gasteiger partial charge is 0.497 e. The van der Waals surface area contributed by atoms with Crippen LogP contribution in [0.1, 0.15) is 80.6 Å². The zero-order valence-electron chi connectivity index (χ0n) is 31.3. The first-order valence-electron chi connectivity index (χ1n) is 17.4. The normalized spacial score (nSPS) is 24.0. The van der Waals surface area contributed by atoms with E-state index in [4.69, 9.17) is 18.4 Å². The van der Waals surface area contributed by atoms with Crippen LogP contribution in [0.4, 0.5) is 4.79 Å². The molecule has 0 bridgehead atoms. The molecule has 3 N–H and O–H groups in total. The van der Waals surface area contributed by atoms with Gasteiger partial charge in [-0.1, -0.05) is 20.8 Å². The Kier molecular flexibility index (Phi) is 10.6. The van der Waals surface area contributed by atoms with E-state index in [9.17, 15) is 32.9 Å². The molecule has 0 spiro atoms. The van der Waals surface area contributed by atoms with Crippen molar-refractivity contribution in [2.75, 3.05) is 13.7 Å². The number of hydrogen-bond acceptors (Lipinski definition) is 12. The van der Waals surface area contributed by atoms with E-state index >= 15 is 0 Å². The molecule has 2 saturated carbocycles. The van der Waals surface area contributed by atoms with E-state index in [2.05, 4.69) is 15.6 Å². The summed E-state index contributed by atoms with van der Waals surface area (Å²) in [5, 5.41) is 16.2. The Bertz CT molecular complexity index is 1930. The van der Waals surface area contributed by atoms with Crippen LogP contribution in [-0.4, -0.2) is 90.7 Å². The Morgan fingerprint density at radius 3 is 2.42 bits per heavy atom. The lowest BCUT2D eigenvalue weighted by Crippen LogP contribution is -2.60. The van der Waals surface area contributed by atoms with Crippen molar-refractivity contribution in [3.63, 3.8) is 0 Å². The zero-order chi connectivity index (χ0) is 39.1. The molecule has 4 amide bonds. The summed E-state index contributed by atoms with van der Waals surface area (Å²) in [7, 11) is -2.99. The van der Waals surface area contributed by atoms with Gasteiger partial charge in [0.15, 0.2) is 0 Å². The molecule has 288 valence electrons. The highest BCUT2D eigenvalue weighted by molar-refractivity contribution is 7.85. The fourth-order valence-corrected chi connectivity index (χ4v) is 7.50. The minimum absolute atomic E-state index is 0.0142. The smallest absolute Gasteiger partial charge is 0.408 e. The van der Waals surface area contributed by atoms with Crippen molar-refractivity contribution < 1.29 is 46.0 Å². The summed E-state index contributed by atoms with van der Waals surface area (Å²) >= 11 is 0. The van der Waals surface area contributed by atoms with Gasteiger partial charge in [0.2, 0.25) is 17.7 Å². The number of methoxy groups -OCH3 is 1. The molecule has 53 heavy (non-hydrogen) atoms. The van der Waals surface area contributed by atoms with Gasteiger partial charge in [-0.25, -0.2) is 18.7 Å². The fourth-order valence-electron chi connectivity index (χ4n) is 6.35. The molecule has 2 heterocycles. The second-order valence-corrected chi connectivity index (χ2v) is 17.6. The number of amides is 4. The van der Waals surface area contributed by atoms with Crippen LogP contribution >= 0.6 is 0 Å². The van der Waals surface area contributed by atoms with Crippen LogP contribution in [0.3, 0.4) is 0 Å². The van der Waals surface area contributed by atoms with Gasteiger partial charge < -0.3 is 29.7 Å². The highest BCUT2D eigenvalue weighted by Gasteiger charge is 2.63. The van der Waals surface area contributed by atoms with Crippen molar-refractivity contribution in [3.05, 3.63) is 30.5 Å². The van der Waals surface area contributed by atoms with Crippen LogP contribution in [0.2, 0.25) is 0 Å². The molecule has 17 heteroatoms. The lowest BCUT2D eigenvalue weighted by atomic mass is 9.85. The average Bonchev–Trinajstić information content (AvgIpc) is 3.89. The molecule has 3 fully saturated rings. The molecule has 5 rings (SSSR count). The fraction of sp³-hybridized carbons (Fsp3) is 0.611. The Hall–Kier alpha value is -4.69. The first kappa shape index (κ1) is 39.5. The van der Waals surface area contributed by atoms with Crippen molar-refractivity contribution in [2.24, 2.45) is 11.3 Å². The number of fused-ring (bicyclic) bond motifs is 1. The number of ether oxygens (including phenoxy) is 3. The van der Waals surface area contributed by atoms with Crippen molar-refractivity contribution in [1.29, 1.82) is 5.26 Å². The predicted octanol–water partition coefficient (Wildman–Crippen LogP) is 3.25. The summed E-state index contributed by atoms with van der Waals surface area (Å²) in [4.78, 5) is 61.0. The molecular formula is C36H48N6O10S. The summed E-state index contributed by atoms with van der Waals surface area (Å²) in [6.45, 7) is 11.8.